The first-order valence-corrected chi connectivity index (χ1v) is 5.22. The van der Waals surface area contributed by atoms with Crippen LogP contribution in [0.25, 0.3) is 10.1 Å². The molecular weight excluding hydrogens is 219 g/mol. The predicted molar refractivity (Wildman–Crippen MR) is 60.6 cm³/mol. The van der Waals surface area contributed by atoms with E-state index in [0.29, 0.717) is 20.4 Å². The van der Waals surface area contributed by atoms with Crippen LogP contribution in [0.3, 0.4) is 0 Å². The van der Waals surface area contributed by atoms with Crippen molar-refractivity contribution in [3.8, 4) is 5.75 Å². The molecule has 1 heterocycles. The van der Waals surface area contributed by atoms with Gasteiger partial charge in [-0.3, -0.25) is 0 Å². The molecule has 0 aliphatic heterocycles. The third-order valence-electron chi connectivity index (χ3n) is 2.00. The van der Waals surface area contributed by atoms with Crippen molar-refractivity contribution in [3.05, 3.63) is 17.5 Å². The summed E-state index contributed by atoms with van der Waals surface area (Å²) in [6.07, 6.45) is 0. The molecule has 2 rings (SSSR count). The maximum absolute atomic E-state index is 9.62. The number of rotatable bonds is 1. The molecular formula is C8H7BO3S2. The SMILES string of the molecule is OB(O)c1cc(S)c(O)c2ccsc12. The van der Waals surface area contributed by atoms with Gasteiger partial charge in [0.25, 0.3) is 0 Å². The first kappa shape index (κ1) is 9.85. The second-order valence-corrected chi connectivity index (χ2v) is 4.27. The summed E-state index contributed by atoms with van der Waals surface area (Å²) in [6.45, 7) is 0. The normalized spacial score (nSPS) is 10.8. The van der Waals surface area contributed by atoms with Crippen LogP contribution in [0.15, 0.2) is 22.4 Å². The summed E-state index contributed by atoms with van der Waals surface area (Å²) in [5.41, 5.74) is 0.373. The molecule has 1 aromatic carbocycles. The van der Waals surface area contributed by atoms with Crippen LogP contribution in [-0.4, -0.2) is 22.3 Å². The monoisotopic (exact) mass is 226 g/mol. The molecule has 0 bridgehead atoms. The average Bonchev–Trinajstić information content (AvgIpc) is 2.59. The maximum atomic E-state index is 9.62. The Morgan fingerprint density at radius 1 is 1.36 bits per heavy atom. The Morgan fingerprint density at radius 3 is 2.71 bits per heavy atom. The van der Waals surface area contributed by atoms with Gasteiger partial charge < -0.3 is 15.2 Å². The number of phenolic OH excluding ortho intramolecular Hbond substituents is 1. The molecule has 14 heavy (non-hydrogen) atoms. The molecule has 72 valence electrons. The second kappa shape index (κ2) is 3.47. The first-order chi connectivity index (χ1) is 6.61. The van der Waals surface area contributed by atoms with E-state index in [1.54, 1.807) is 11.4 Å². The zero-order valence-electron chi connectivity index (χ0n) is 7.01. The van der Waals surface area contributed by atoms with Crippen LogP contribution in [0.1, 0.15) is 0 Å². The van der Waals surface area contributed by atoms with Crippen LogP contribution in [0.4, 0.5) is 0 Å². The second-order valence-electron chi connectivity index (χ2n) is 2.87. The van der Waals surface area contributed by atoms with Crippen molar-refractivity contribution in [2.24, 2.45) is 0 Å². The standard InChI is InChI=1S/C8H7BO3S2/c10-7-4-1-2-14-8(4)5(9(11)12)3-6(7)13/h1-3,10-13H. The van der Waals surface area contributed by atoms with E-state index in [9.17, 15) is 5.11 Å². The van der Waals surface area contributed by atoms with Crippen molar-refractivity contribution in [2.75, 3.05) is 0 Å². The third-order valence-corrected chi connectivity index (χ3v) is 3.30. The van der Waals surface area contributed by atoms with Crippen molar-refractivity contribution >= 4 is 46.6 Å². The highest BCUT2D eigenvalue weighted by atomic mass is 32.1. The number of hydrogen-bond acceptors (Lipinski definition) is 5. The number of fused-ring (bicyclic) bond motifs is 1. The quantitative estimate of drug-likeness (QED) is 0.425. The zero-order chi connectivity index (χ0) is 10.3. The minimum absolute atomic E-state index is 0.0778. The van der Waals surface area contributed by atoms with Crippen molar-refractivity contribution in [2.45, 2.75) is 4.90 Å². The summed E-state index contributed by atoms with van der Waals surface area (Å²) in [5.74, 6) is 0.0778. The fourth-order valence-corrected chi connectivity index (χ4v) is 2.52. The molecule has 0 atom stereocenters. The number of thiophene rings is 1. The fraction of sp³-hybridized carbons (Fsp3) is 0. The van der Waals surface area contributed by atoms with E-state index < -0.39 is 7.12 Å². The van der Waals surface area contributed by atoms with Gasteiger partial charge in [-0.15, -0.1) is 24.0 Å². The van der Waals surface area contributed by atoms with Gasteiger partial charge in [0.15, 0.2) is 0 Å². The highest BCUT2D eigenvalue weighted by Gasteiger charge is 2.19. The van der Waals surface area contributed by atoms with E-state index in [0.717, 1.165) is 0 Å². The van der Waals surface area contributed by atoms with Gasteiger partial charge in [0.1, 0.15) is 5.75 Å². The van der Waals surface area contributed by atoms with Gasteiger partial charge in [-0.05, 0) is 17.5 Å². The maximum Gasteiger partial charge on any atom is 0.489 e. The molecule has 0 saturated heterocycles. The minimum Gasteiger partial charge on any atom is -0.506 e. The molecule has 3 N–H and O–H groups in total. The Hall–Kier alpha value is -0.685. The van der Waals surface area contributed by atoms with Gasteiger partial charge in [0.2, 0.25) is 0 Å². The number of hydrogen-bond donors (Lipinski definition) is 4. The Morgan fingerprint density at radius 2 is 2.07 bits per heavy atom. The summed E-state index contributed by atoms with van der Waals surface area (Å²) < 4.78 is 0.676. The zero-order valence-corrected chi connectivity index (χ0v) is 8.72. The molecule has 1 aromatic heterocycles. The number of benzene rings is 1. The molecule has 0 radical (unpaired) electrons. The molecule has 6 heteroatoms. The molecule has 0 aliphatic rings. The summed E-state index contributed by atoms with van der Waals surface area (Å²) in [5, 5.41) is 30.2. The lowest BCUT2D eigenvalue weighted by atomic mass is 9.80. The highest BCUT2D eigenvalue weighted by Crippen LogP contribution is 2.32. The summed E-state index contributed by atoms with van der Waals surface area (Å²) in [7, 11) is -1.54. The third kappa shape index (κ3) is 1.40. The lowest BCUT2D eigenvalue weighted by molar-refractivity contribution is 0.426. The largest absolute Gasteiger partial charge is 0.506 e. The van der Waals surface area contributed by atoms with Crippen LogP contribution in [-0.2, 0) is 0 Å². The van der Waals surface area contributed by atoms with E-state index in [-0.39, 0.29) is 5.75 Å². The number of thiol groups is 1. The molecule has 0 saturated carbocycles. The van der Waals surface area contributed by atoms with Gasteiger partial charge in [-0.1, -0.05) is 0 Å². The Labute approximate surface area is 90.2 Å². The van der Waals surface area contributed by atoms with Crippen molar-refractivity contribution < 1.29 is 15.2 Å². The Kier molecular flexibility index (Phi) is 2.44. The summed E-state index contributed by atoms with van der Waals surface area (Å²) in [4.78, 5) is 0.346. The van der Waals surface area contributed by atoms with Gasteiger partial charge in [-0.2, -0.15) is 0 Å². The average molecular weight is 226 g/mol. The number of phenols is 1. The van der Waals surface area contributed by atoms with Crippen LogP contribution in [0, 0.1) is 0 Å². The van der Waals surface area contributed by atoms with Crippen molar-refractivity contribution in [1.29, 1.82) is 0 Å². The molecule has 2 aromatic rings. The molecule has 0 aliphatic carbocycles. The highest BCUT2D eigenvalue weighted by molar-refractivity contribution is 7.80. The minimum atomic E-state index is -1.54. The van der Waals surface area contributed by atoms with Crippen LogP contribution in [0.5, 0.6) is 5.75 Å². The van der Waals surface area contributed by atoms with E-state index in [4.69, 9.17) is 10.0 Å². The van der Waals surface area contributed by atoms with E-state index in [2.05, 4.69) is 12.6 Å². The van der Waals surface area contributed by atoms with Gasteiger partial charge in [-0.25, -0.2) is 0 Å². The van der Waals surface area contributed by atoms with Gasteiger partial charge >= 0.3 is 7.12 Å². The predicted octanol–water partition coefficient (Wildman–Crippen LogP) is 0.575. The molecule has 0 amide bonds. The van der Waals surface area contributed by atoms with Gasteiger partial charge in [0, 0.05) is 20.4 Å². The van der Waals surface area contributed by atoms with E-state index >= 15 is 0 Å². The molecule has 3 nitrogen and oxygen atoms in total. The van der Waals surface area contributed by atoms with E-state index in [1.165, 1.54) is 17.4 Å². The fourth-order valence-electron chi connectivity index (χ4n) is 1.33. The number of aromatic hydroxyl groups is 1. The lowest BCUT2D eigenvalue weighted by Crippen LogP contribution is -2.30. The van der Waals surface area contributed by atoms with Crippen molar-refractivity contribution in [3.63, 3.8) is 0 Å². The van der Waals surface area contributed by atoms with Crippen LogP contribution in [0.2, 0.25) is 0 Å². The smallest absolute Gasteiger partial charge is 0.489 e. The Bertz CT molecular complexity index is 481. The van der Waals surface area contributed by atoms with Gasteiger partial charge in [0.05, 0.1) is 0 Å². The first-order valence-electron chi connectivity index (χ1n) is 3.89. The molecule has 0 spiro atoms. The summed E-state index contributed by atoms with van der Waals surface area (Å²) >= 11 is 5.40. The molecule has 0 fully saturated rings. The van der Waals surface area contributed by atoms with Crippen LogP contribution >= 0.6 is 24.0 Å². The van der Waals surface area contributed by atoms with E-state index in [1.807, 2.05) is 0 Å². The van der Waals surface area contributed by atoms with Crippen molar-refractivity contribution in [1.82, 2.24) is 0 Å². The topological polar surface area (TPSA) is 60.7 Å². The van der Waals surface area contributed by atoms with Crippen LogP contribution < -0.4 is 5.46 Å². The lowest BCUT2D eigenvalue weighted by Gasteiger charge is -2.05. The Balaban J connectivity index is 2.84. The molecule has 0 unspecified atom stereocenters. The summed E-state index contributed by atoms with van der Waals surface area (Å²) in [6, 6.07) is 3.18.